The highest BCUT2D eigenvalue weighted by molar-refractivity contribution is 8.24. The quantitative estimate of drug-likeness (QED) is 0.525. The number of hydrogen-bond acceptors (Lipinski definition) is 6. The molecular weight excluding hydrogens is 422 g/mol. The molecule has 0 saturated carbocycles. The van der Waals surface area contributed by atoms with Crippen LogP contribution in [0.25, 0.3) is 11.1 Å². The number of nitriles is 1. The first-order valence-electron chi connectivity index (χ1n) is 9.01. The van der Waals surface area contributed by atoms with E-state index in [1.54, 1.807) is 42.5 Å². The first kappa shape index (κ1) is 20.3. The van der Waals surface area contributed by atoms with Gasteiger partial charge in [-0.05, 0) is 59.7 Å². The summed E-state index contributed by atoms with van der Waals surface area (Å²) in [6.45, 7) is -0.0567. The highest BCUT2D eigenvalue weighted by Gasteiger charge is 2.36. The molecule has 0 fully saturated rings. The SMILES string of the molecule is N#Cc1ccc(-c2ccc3c(c2)N(S(=O)(=O)c2ccc(N)cc2)CCS3(O)O)cc1. The average molecular weight is 442 g/mol. The van der Waals surface area contributed by atoms with Gasteiger partial charge in [0, 0.05) is 5.69 Å². The molecule has 154 valence electrons. The fraction of sp³-hybridized carbons (Fsp3) is 0.0952. The van der Waals surface area contributed by atoms with Gasteiger partial charge in [-0.1, -0.05) is 18.2 Å². The van der Waals surface area contributed by atoms with E-state index in [0.29, 0.717) is 16.8 Å². The summed E-state index contributed by atoms with van der Waals surface area (Å²) in [5.41, 5.74) is 8.35. The average Bonchev–Trinajstić information content (AvgIpc) is 2.73. The third kappa shape index (κ3) is 3.51. The van der Waals surface area contributed by atoms with Crippen LogP contribution >= 0.6 is 10.6 Å². The van der Waals surface area contributed by atoms with Crippen molar-refractivity contribution < 1.29 is 17.5 Å². The molecule has 0 bridgehead atoms. The Morgan fingerprint density at radius 1 is 0.967 bits per heavy atom. The summed E-state index contributed by atoms with van der Waals surface area (Å²) >= 11 is 0. The van der Waals surface area contributed by atoms with Crippen molar-refractivity contribution in [3.05, 3.63) is 72.3 Å². The van der Waals surface area contributed by atoms with Crippen LogP contribution in [0.15, 0.2) is 76.5 Å². The highest BCUT2D eigenvalue weighted by Crippen LogP contribution is 2.56. The van der Waals surface area contributed by atoms with Gasteiger partial charge in [-0.2, -0.15) is 15.9 Å². The molecule has 4 N–H and O–H groups in total. The second-order valence-corrected chi connectivity index (χ2v) is 10.9. The zero-order chi connectivity index (χ0) is 21.5. The lowest BCUT2D eigenvalue weighted by atomic mass is 10.0. The summed E-state index contributed by atoms with van der Waals surface area (Å²) in [7, 11) is -7.03. The minimum absolute atomic E-state index is 0.0567. The van der Waals surface area contributed by atoms with E-state index >= 15 is 0 Å². The highest BCUT2D eigenvalue weighted by atomic mass is 32.3. The van der Waals surface area contributed by atoms with Crippen LogP contribution in [0.2, 0.25) is 0 Å². The second kappa shape index (κ2) is 7.34. The molecule has 0 unspecified atom stereocenters. The number of sulfonamides is 1. The predicted octanol–water partition coefficient (Wildman–Crippen LogP) is 4.13. The van der Waals surface area contributed by atoms with Gasteiger partial charge in [-0.15, -0.1) is 0 Å². The number of nitrogens with two attached hydrogens (primary N) is 1. The lowest BCUT2D eigenvalue weighted by Gasteiger charge is -2.42. The number of fused-ring (bicyclic) bond motifs is 1. The molecule has 1 heterocycles. The maximum atomic E-state index is 13.3. The van der Waals surface area contributed by atoms with Crippen LogP contribution in [0.5, 0.6) is 0 Å². The Balaban J connectivity index is 1.84. The topological polar surface area (TPSA) is 128 Å². The maximum absolute atomic E-state index is 13.3. The van der Waals surface area contributed by atoms with Crippen LogP contribution < -0.4 is 10.0 Å². The van der Waals surface area contributed by atoms with Crippen molar-refractivity contribution in [2.24, 2.45) is 0 Å². The Kier molecular flexibility index (Phi) is 4.95. The van der Waals surface area contributed by atoms with Crippen molar-refractivity contribution in [3.8, 4) is 17.2 Å². The summed E-state index contributed by atoms with van der Waals surface area (Å²) < 4.78 is 48.8. The molecule has 0 atom stereocenters. The van der Waals surface area contributed by atoms with Gasteiger partial charge in [0.2, 0.25) is 0 Å². The summed E-state index contributed by atoms with van der Waals surface area (Å²) in [6, 6.07) is 19.7. The molecule has 9 heteroatoms. The molecule has 1 aliphatic rings. The summed E-state index contributed by atoms with van der Waals surface area (Å²) in [5, 5.41) is 8.98. The van der Waals surface area contributed by atoms with Gasteiger partial charge in [0.05, 0.1) is 39.4 Å². The van der Waals surface area contributed by atoms with Crippen LogP contribution in [-0.2, 0) is 10.0 Å². The van der Waals surface area contributed by atoms with Crippen molar-refractivity contribution in [2.75, 3.05) is 22.3 Å². The van der Waals surface area contributed by atoms with Crippen LogP contribution in [0, 0.1) is 11.3 Å². The molecule has 1 aliphatic heterocycles. The van der Waals surface area contributed by atoms with Crippen molar-refractivity contribution in [3.63, 3.8) is 0 Å². The van der Waals surface area contributed by atoms with Crippen LogP contribution in [-0.4, -0.2) is 29.8 Å². The number of nitrogen functional groups attached to an aromatic ring is 1. The van der Waals surface area contributed by atoms with E-state index in [2.05, 4.69) is 6.07 Å². The van der Waals surface area contributed by atoms with Crippen molar-refractivity contribution in [1.82, 2.24) is 0 Å². The monoisotopic (exact) mass is 441 g/mol. The number of nitrogens with zero attached hydrogens (tertiary/aromatic N) is 2. The summed E-state index contributed by atoms with van der Waals surface area (Å²) in [6.07, 6.45) is 0. The standard InChI is InChI=1S/C21H19N3O4S2/c22-14-15-1-3-16(4-2-15)17-5-10-21-20(13-17)24(11-12-29(21,25)26)30(27,28)19-8-6-18(23)7-9-19/h1-10,13,25-26H,11-12,23H2. The van der Waals surface area contributed by atoms with Crippen LogP contribution in [0.4, 0.5) is 11.4 Å². The maximum Gasteiger partial charge on any atom is 0.264 e. The number of benzene rings is 3. The zero-order valence-corrected chi connectivity index (χ0v) is 17.4. The van der Waals surface area contributed by atoms with Gasteiger partial charge < -0.3 is 5.73 Å². The zero-order valence-electron chi connectivity index (χ0n) is 15.8. The third-order valence-corrected chi connectivity index (χ3v) is 8.60. The fourth-order valence-electron chi connectivity index (χ4n) is 3.36. The van der Waals surface area contributed by atoms with E-state index in [4.69, 9.17) is 11.0 Å². The molecule has 30 heavy (non-hydrogen) atoms. The third-order valence-electron chi connectivity index (χ3n) is 4.97. The molecule has 7 nitrogen and oxygen atoms in total. The lowest BCUT2D eigenvalue weighted by molar-refractivity contribution is 0.484. The smallest absolute Gasteiger partial charge is 0.264 e. The molecule has 0 aliphatic carbocycles. The van der Waals surface area contributed by atoms with Gasteiger partial charge in [-0.25, -0.2) is 8.42 Å². The van der Waals surface area contributed by atoms with E-state index in [1.165, 1.54) is 28.6 Å². The normalized spacial score (nSPS) is 16.4. The van der Waals surface area contributed by atoms with Crippen LogP contribution in [0.3, 0.4) is 0 Å². The minimum atomic E-state index is -3.93. The van der Waals surface area contributed by atoms with Crippen molar-refractivity contribution in [2.45, 2.75) is 9.79 Å². The van der Waals surface area contributed by atoms with Gasteiger partial charge in [0.25, 0.3) is 10.0 Å². The molecular formula is C21H19N3O4S2. The molecule has 0 saturated heterocycles. The van der Waals surface area contributed by atoms with E-state index < -0.39 is 20.6 Å². The molecule has 0 amide bonds. The lowest BCUT2D eigenvalue weighted by Crippen LogP contribution is -2.38. The fourth-order valence-corrected chi connectivity index (χ4v) is 6.46. The van der Waals surface area contributed by atoms with Gasteiger partial charge >= 0.3 is 0 Å². The largest absolute Gasteiger partial charge is 0.399 e. The van der Waals surface area contributed by atoms with Crippen LogP contribution in [0.1, 0.15) is 5.56 Å². The molecule has 0 aromatic heterocycles. The molecule has 3 aromatic carbocycles. The molecule has 4 rings (SSSR count). The van der Waals surface area contributed by atoms with Gasteiger partial charge in [0.1, 0.15) is 0 Å². The van der Waals surface area contributed by atoms with Gasteiger partial charge in [-0.3, -0.25) is 13.4 Å². The van der Waals surface area contributed by atoms with E-state index in [9.17, 15) is 17.5 Å². The Morgan fingerprint density at radius 2 is 1.60 bits per heavy atom. The van der Waals surface area contributed by atoms with Crippen molar-refractivity contribution in [1.29, 1.82) is 5.26 Å². The number of anilines is 2. The Morgan fingerprint density at radius 3 is 2.23 bits per heavy atom. The molecule has 0 spiro atoms. The van der Waals surface area contributed by atoms with E-state index in [0.717, 1.165) is 5.56 Å². The molecule has 0 radical (unpaired) electrons. The second-order valence-electron chi connectivity index (χ2n) is 6.89. The summed E-state index contributed by atoms with van der Waals surface area (Å²) in [4.78, 5) is 0.273. The first-order valence-corrected chi connectivity index (χ1v) is 12.2. The first-order chi connectivity index (χ1) is 14.2. The number of hydrogen-bond donors (Lipinski definition) is 3. The van der Waals surface area contributed by atoms with E-state index in [-0.39, 0.29) is 27.8 Å². The van der Waals surface area contributed by atoms with Gasteiger partial charge in [0.15, 0.2) is 0 Å². The number of rotatable bonds is 3. The Labute approximate surface area is 176 Å². The summed E-state index contributed by atoms with van der Waals surface area (Å²) in [5.74, 6) is -0.0790. The molecule has 3 aromatic rings. The van der Waals surface area contributed by atoms with E-state index in [1.807, 2.05) is 0 Å². The van der Waals surface area contributed by atoms with Crippen molar-refractivity contribution >= 4 is 32.0 Å². The minimum Gasteiger partial charge on any atom is -0.399 e. The predicted molar refractivity (Wildman–Crippen MR) is 118 cm³/mol. The Bertz CT molecular complexity index is 1250. The Hall–Kier alpha value is -3.03.